The molecule has 1 heterocycles. The Kier molecular flexibility index (Phi) is 5.22. The maximum atomic E-state index is 12.0. The number of nitrogens with one attached hydrogen (secondary N) is 1. The van der Waals surface area contributed by atoms with E-state index in [1.54, 1.807) is 0 Å². The standard InChI is InChI=1S/C15H28N2O2/c1-11(17-9-12(2)19-13(3)10-17)8-16-15(18)14-6-4-5-7-14/h11-14H,4-10H2,1-3H3,(H,16,18)/t11-,12-,13+/m1/s1. The number of hydrogen-bond acceptors (Lipinski definition) is 3. The lowest BCUT2D eigenvalue weighted by atomic mass is 10.1. The molecule has 1 N–H and O–H groups in total. The molecule has 0 aromatic rings. The molecule has 1 amide bonds. The highest BCUT2D eigenvalue weighted by Gasteiger charge is 2.27. The topological polar surface area (TPSA) is 41.6 Å². The smallest absolute Gasteiger partial charge is 0.223 e. The second-order valence-corrected chi connectivity index (χ2v) is 6.29. The van der Waals surface area contributed by atoms with E-state index in [0.29, 0.717) is 6.04 Å². The number of carbonyl (C=O) groups is 1. The summed E-state index contributed by atoms with van der Waals surface area (Å²) in [5.41, 5.74) is 0. The van der Waals surface area contributed by atoms with Crippen LogP contribution in [0.5, 0.6) is 0 Å². The van der Waals surface area contributed by atoms with Crippen molar-refractivity contribution in [3.63, 3.8) is 0 Å². The average Bonchev–Trinajstić information content (AvgIpc) is 2.88. The molecule has 2 fully saturated rings. The Bertz CT molecular complexity index is 293. The third-order valence-corrected chi connectivity index (χ3v) is 4.37. The van der Waals surface area contributed by atoms with Gasteiger partial charge in [-0.25, -0.2) is 0 Å². The first kappa shape index (κ1) is 14.8. The molecule has 2 rings (SSSR count). The average molecular weight is 268 g/mol. The molecule has 1 aliphatic heterocycles. The molecule has 0 radical (unpaired) electrons. The van der Waals surface area contributed by atoms with Gasteiger partial charge in [0.15, 0.2) is 0 Å². The van der Waals surface area contributed by atoms with Gasteiger partial charge in [-0.3, -0.25) is 9.69 Å². The van der Waals surface area contributed by atoms with Gasteiger partial charge in [0, 0.05) is 31.6 Å². The highest BCUT2D eigenvalue weighted by Crippen LogP contribution is 2.24. The van der Waals surface area contributed by atoms with Crippen molar-refractivity contribution in [3.05, 3.63) is 0 Å². The summed E-state index contributed by atoms with van der Waals surface area (Å²) < 4.78 is 5.74. The summed E-state index contributed by atoms with van der Waals surface area (Å²) in [4.78, 5) is 14.4. The molecule has 1 aliphatic carbocycles. The van der Waals surface area contributed by atoms with Crippen molar-refractivity contribution in [2.24, 2.45) is 5.92 Å². The fraction of sp³-hybridized carbons (Fsp3) is 0.933. The van der Waals surface area contributed by atoms with Crippen LogP contribution in [0.15, 0.2) is 0 Å². The van der Waals surface area contributed by atoms with Crippen LogP contribution < -0.4 is 5.32 Å². The normalized spacial score (nSPS) is 31.3. The van der Waals surface area contributed by atoms with Crippen LogP contribution in [0.4, 0.5) is 0 Å². The van der Waals surface area contributed by atoms with Gasteiger partial charge >= 0.3 is 0 Å². The summed E-state index contributed by atoms with van der Waals surface area (Å²) in [5.74, 6) is 0.536. The lowest BCUT2D eigenvalue weighted by molar-refractivity contribution is -0.125. The van der Waals surface area contributed by atoms with Crippen LogP contribution in [0.2, 0.25) is 0 Å². The number of amides is 1. The molecule has 2 aliphatic rings. The van der Waals surface area contributed by atoms with Crippen LogP contribution >= 0.6 is 0 Å². The number of hydrogen-bond donors (Lipinski definition) is 1. The summed E-state index contributed by atoms with van der Waals surface area (Å²) >= 11 is 0. The van der Waals surface area contributed by atoms with E-state index in [1.165, 1.54) is 12.8 Å². The summed E-state index contributed by atoms with van der Waals surface area (Å²) in [6.07, 6.45) is 5.16. The Morgan fingerprint density at radius 2 is 1.84 bits per heavy atom. The van der Waals surface area contributed by atoms with Gasteiger partial charge in [0.05, 0.1) is 12.2 Å². The molecule has 1 saturated heterocycles. The first-order chi connectivity index (χ1) is 9.06. The Labute approximate surface area is 116 Å². The predicted molar refractivity (Wildman–Crippen MR) is 76.0 cm³/mol. The van der Waals surface area contributed by atoms with E-state index in [4.69, 9.17) is 4.74 Å². The van der Waals surface area contributed by atoms with E-state index >= 15 is 0 Å². The van der Waals surface area contributed by atoms with Crippen molar-refractivity contribution in [2.75, 3.05) is 19.6 Å². The first-order valence-corrected chi connectivity index (χ1v) is 7.73. The number of ether oxygens (including phenoxy) is 1. The first-order valence-electron chi connectivity index (χ1n) is 7.73. The van der Waals surface area contributed by atoms with Crippen molar-refractivity contribution in [1.29, 1.82) is 0 Å². The van der Waals surface area contributed by atoms with Gasteiger partial charge in [-0.05, 0) is 33.6 Å². The second kappa shape index (κ2) is 6.71. The monoisotopic (exact) mass is 268 g/mol. The predicted octanol–water partition coefficient (Wildman–Crippen LogP) is 1.79. The quantitative estimate of drug-likeness (QED) is 0.845. The second-order valence-electron chi connectivity index (χ2n) is 6.29. The summed E-state index contributed by atoms with van der Waals surface area (Å²) in [7, 11) is 0. The molecular formula is C15H28N2O2. The van der Waals surface area contributed by atoms with Crippen molar-refractivity contribution >= 4 is 5.91 Å². The third-order valence-electron chi connectivity index (χ3n) is 4.37. The summed E-state index contributed by atoms with van der Waals surface area (Å²) in [6.45, 7) is 9.11. The van der Waals surface area contributed by atoms with Gasteiger partial charge in [-0.2, -0.15) is 0 Å². The highest BCUT2D eigenvalue weighted by molar-refractivity contribution is 5.78. The van der Waals surface area contributed by atoms with E-state index < -0.39 is 0 Å². The molecule has 3 atom stereocenters. The zero-order valence-electron chi connectivity index (χ0n) is 12.5. The molecule has 0 bridgehead atoms. The van der Waals surface area contributed by atoms with Crippen molar-refractivity contribution in [2.45, 2.75) is 64.7 Å². The Balaban J connectivity index is 1.74. The zero-order valence-corrected chi connectivity index (χ0v) is 12.5. The summed E-state index contributed by atoms with van der Waals surface area (Å²) in [6, 6.07) is 0.388. The third kappa shape index (κ3) is 4.18. The molecule has 0 aromatic heterocycles. The fourth-order valence-corrected chi connectivity index (χ4v) is 3.29. The van der Waals surface area contributed by atoms with Gasteiger partial charge in [0.2, 0.25) is 5.91 Å². The van der Waals surface area contributed by atoms with Crippen LogP contribution in [0.25, 0.3) is 0 Å². The minimum atomic E-state index is 0.263. The maximum absolute atomic E-state index is 12.0. The lowest BCUT2D eigenvalue weighted by Crippen LogP contribution is -2.52. The molecule has 1 saturated carbocycles. The van der Waals surface area contributed by atoms with Crippen LogP contribution in [-0.2, 0) is 9.53 Å². The molecule has 4 nitrogen and oxygen atoms in total. The van der Waals surface area contributed by atoms with Gasteiger partial charge in [-0.1, -0.05) is 12.8 Å². The van der Waals surface area contributed by atoms with Crippen LogP contribution in [0.3, 0.4) is 0 Å². The molecule has 0 unspecified atom stereocenters. The molecule has 4 heteroatoms. The minimum Gasteiger partial charge on any atom is -0.373 e. The molecule has 0 aromatic carbocycles. The highest BCUT2D eigenvalue weighted by atomic mass is 16.5. The van der Waals surface area contributed by atoms with Gasteiger partial charge in [-0.15, -0.1) is 0 Å². The minimum absolute atomic E-state index is 0.263. The van der Waals surface area contributed by atoms with E-state index in [0.717, 1.165) is 32.5 Å². The molecule has 110 valence electrons. The van der Waals surface area contributed by atoms with Crippen LogP contribution in [0.1, 0.15) is 46.5 Å². The molecular weight excluding hydrogens is 240 g/mol. The SMILES string of the molecule is C[C@@H]1CN([C@H](C)CNC(=O)C2CCCC2)C[C@H](C)O1. The lowest BCUT2D eigenvalue weighted by Gasteiger charge is -2.39. The largest absolute Gasteiger partial charge is 0.373 e. The van der Waals surface area contributed by atoms with Crippen molar-refractivity contribution in [3.8, 4) is 0 Å². The van der Waals surface area contributed by atoms with Crippen LogP contribution in [-0.4, -0.2) is 48.7 Å². The maximum Gasteiger partial charge on any atom is 0.223 e. The van der Waals surface area contributed by atoms with E-state index in [9.17, 15) is 4.79 Å². The van der Waals surface area contributed by atoms with Crippen molar-refractivity contribution < 1.29 is 9.53 Å². The van der Waals surface area contributed by atoms with Gasteiger partial charge in [0.25, 0.3) is 0 Å². The zero-order chi connectivity index (χ0) is 13.8. The van der Waals surface area contributed by atoms with Crippen LogP contribution in [0, 0.1) is 5.92 Å². The summed E-state index contributed by atoms with van der Waals surface area (Å²) in [5, 5.41) is 3.13. The number of morpholine rings is 1. The van der Waals surface area contributed by atoms with E-state index in [-0.39, 0.29) is 24.0 Å². The van der Waals surface area contributed by atoms with E-state index in [1.807, 2.05) is 0 Å². The fourth-order valence-electron chi connectivity index (χ4n) is 3.29. The molecule has 19 heavy (non-hydrogen) atoms. The number of carbonyl (C=O) groups excluding carboxylic acids is 1. The Morgan fingerprint density at radius 3 is 2.42 bits per heavy atom. The van der Waals surface area contributed by atoms with Crippen molar-refractivity contribution in [1.82, 2.24) is 10.2 Å². The number of rotatable bonds is 4. The Hall–Kier alpha value is -0.610. The van der Waals surface area contributed by atoms with E-state index in [2.05, 4.69) is 31.0 Å². The van der Waals surface area contributed by atoms with Gasteiger partial charge in [0.1, 0.15) is 0 Å². The number of nitrogens with zero attached hydrogens (tertiary/aromatic N) is 1. The van der Waals surface area contributed by atoms with Gasteiger partial charge < -0.3 is 10.1 Å². The Morgan fingerprint density at radius 1 is 1.26 bits per heavy atom. The molecule has 0 spiro atoms.